The molecule has 0 aliphatic carbocycles. The second kappa shape index (κ2) is 6.94. The second-order valence-electron chi connectivity index (χ2n) is 4.98. The molecule has 0 atom stereocenters. The molecular formula is C17H20FNO. The van der Waals surface area contributed by atoms with E-state index in [1.165, 1.54) is 11.6 Å². The molecule has 2 aromatic carbocycles. The van der Waals surface area contributed by atoms with Gasteiger partial charge in [-0.3, -0.25) is 0 Å². The number of rotatable bonds is 6. The molecule has 0 heterocycles. The van der Waals surface area contributed by atoms with Crippen LogP contribution in [0.3, 0.4) is 0 Å². The molecular weight excluding hydrogens is 253 g/mol. The second-order valence-corrected chi connectivity index (χ2v) is 4.98. The van der Waals surface area contributed by atoms with E-state index in [1.807, 2.05) is 0 Å². The van der Waals surface area contributed by atoms with E-state index in [1.54, 1.807) is 18.2 Å². The number of hydrogen-bond acceptors (Lipinski definition) is 2. The quantitative estimate of drug-likeness (QED) is 0.786. The SMILES string of the molecule is CC(C)c1ccc(NCCOc2ccccc2F)cc1. The predicted molar refractivity (Wildman–Crippen MR) is 80.9 cm³/mol. The van der Waals surface area contributed by atoms with E-state index in [4.69, 9.17) is 4.74 Å². The summed E-state index contributed by atoms with van der Waals surface area (Å²) < 4.78 is 18.7. The largest absolute Gasteiger partial charge is 0.489 e. The van der Waals surface area contributed by atoms with Gasteiger partial charge in [0, 0.05) is 12.2 Å². The van der Waals surface area contributed by atoms with Gasteiger partial charge in [-0.15, -0.1) is 0 Å². The van der Waals surface area contributed by atoms with Crippen molar-refractivity contribution in [3.05, 3.63) is 59.9 Å². The molecule has 2 aromatic rings. The average molecular weight is 273 g/mol. The smallest absolute Gasteiger partial charge is 0.165 e. The van der Waals surface area contributed by atoms with Gasteiger partial charge in [0.05, 0.1) is 0 Å². The zero-order valence-corrected chi connectivity index (χ0v) is 11.9. The fourth-order valence-electron chi connectivity index (χ4n) is 1.90. The normalized spacial score (nSPS) is 10.6. The Morgan fingerprint density at radius 2 is 1.75 bits per heavy atom. The maximum Gasteiger partial charge on any atom is 0.165 e. The van der Waals surface area contributed by atoms with Crippen LogP contribution < -0.4 is 10.1 Å². The zero-order chi connectivity index (χ0) is 14.4. The van der Waals surface area contributed by atoms with Crippen molar-refractivity contribution in [1.82, 2.24) is 0 Å². The highest BCUT2D eigenvalue weighted by molar-refractivity contribution is 5.45. The molecule has 20 heavy (non-hydrogen) atoms. The van der Waals surface area contributed by atoms with Crippen molar-refractivity contribution in [3.8, 4) is 5.75 Å². The lowest BCUT2D eigenvalue weighted by molar-refractivity contribution is 0.315. The van der Waals surface area contributed by atoms with Gasteiger partial charge < -0.3 is 10.1 Å². The Morgan fingerprint density at radius 3 is 2.40 bits per heavy atom. The number of hydrogen-bond donors (Lipinski definition) is 1. The molecule has 0 fully saturated rings. The van der Waals surface area contributed by atoms with Crippen molar-refractivity contribution in [1.29, 1.82) is 0 Å². The van der Waals surface area contributed by atoms with Crippen LogP contribution in [0, 0.1) is 5.82 Å². The van der Waals surface area contributed by atoms with Crippen LogP contribution >= 0.6 is 0 Å². The van der Waals surface area contributed by atoms with Crippen molar-refractivity contribution in [3.63, 3.8) is 0 Å². The lowest BCUT2D eigenvalue weighted by Gasteiger charge is -2.10. The molecule has 2 nitrogen and oxygen atoms in total. The average Bonchev–Trinajstić information content (AvgIpc) is 2.46. The van der Waals surface area contributed by atoms with Crippen LogP contribution in [0.1, 0.15) is 25.3 Å². The van der Waals surface area contributed by atoms with Crippen LogP contribution in [0.15, 0.2) is 48.5 Å². The number of nitrogens with one attached hydrogen (secondary N) is 1. The molecule has 0 unspecified atom stereocenters. The summed E-state index contributed by atoms with van der Waals surface area (Å²) in [7, 11) is 0. The first-order valence-corrected chi connectivity index (χ1v) is 6.88. The first-order chi connectivity index (χ1) is 9.66. The van der Waals surface area contributed by atoms with Crippen LogP contribution in [0.25, 0.3) is 0 Å². The van der Waals surface area contributed by atoms with Gasteiger partial charge in [-0.25, -0.2) is 4.39 Å². The summed E-state index contributed by atoms with van der Waals surface area (Å²) in [4.78, 5) is 0. The Kier molecular flexibility index (Phi) is 4.99. The maximum atomic E-state index is 13.3. The third-order valence-electron chi connectivity index (χ3n) is 3.10. The third kappa shape index (κ3) is 3.98. The van der Waals surface area contributed by atoms with E-state index >= 15 is 0 Å². The van der Waals surface area contributed by atoms with Crippen molar-refractivity contribution >= 4 is 5.69 Å². The number of para-hydroxylation sites is 1. The van der Waals surface area contributed by atoms with E-state index in [0.717, 1.165) is 5.69 Å². The summed E-state index contributed by atoms with van der Waals surface area (Å²) in [5.41, 5.74) is 2.37. The van der Waals surface area contributed by atoms with Crippen LogP contribution in [0.2, 0.25) is 0 Å². The fraction of sp³-hybridized carbons (Fsp3) is 0.294. The van der Waals surface area contributed by atoms with E-state index < -0.39 is 0 Å². The summed E-state index contributed by atoms with van der Waals surface area (Å²) in [6, 6.07) is 14.8. The number of benzene rings is 2. The molecule has 0 aromatic heterocycles. The van der Waals surface area contributed by atoms with Crippen LogP contribution in [0.5, 0.6) is 5.75 Å². The lowest BCUT2D eigenvalue weighted by Crippen LogP contribution is -2.12. The summed E-state index contributed by atoms with van der Waals surface area (Å²) in [5, 5.41) is 3.25. The minimum atomic E-state index is -0.325. The molecule has 0 spiro atoms. The van der Waals surface area contributed by atoms with Crippen molar-refractivity contribution < 1.29 is 9.13 Å². The van der Waals surface area contributed by atoms with E-state index in [-0.39, 0.29) is 5.82 Å². The van der Waals surface area contributed by atoms with Gasteiger partial charge in [0.25, 0.3) is 0 Å². The van der Waals surface area contributed by atoms with Gasteiger partial charge in [0.15, 0.2) is 11.6 Å². The Hall–Kier alpha value is -2.03. The Balaban J connectivity index is 1.77. The van der Waals surface area contributed by atoms with E-state index in [9.17, 15) is 4.39 Å². The summed E-state index contributed by atoms with van der Waals surface area (Å²) in [6.07, 6.45) is 0. The molecule has 0 aliphatic rings. The zero-order valence-electron chi connectivity index (χ0n) is 11.9. The molecule has 1 N–H and O–H groups in total. The van der Waals surface area contributed by atoms with Gasteiger partial charge in [0.1, 0.15) is 6.61 Å². The highest BCUT2D eigenvalue weighted by Crippen LogP contribution is 2.17. The van der Waals surface area contributed by atoms with Gasteiger partial charge in [0.2, 0.25) is 0 Å². The molecule has 0 saturated heterocycles. The van der Waals surface area contributed by atoms with Crippen molar-refractivity contribution in [2.45, 2.75) is 19.8 Å². The molecule has 106 valence electrons. The predicted octanol–water partition coefficient (Wildman–Crippen LogP) is 4.44. The van der Waals surface area contributed by atoms with Gasteiger partial charge in [-0.05, 0) is 35.7 Å². The topological polar surface area (TPSA) is 21.3 Å². The van der Waals surface area contributed by atoms with Crippen LogP contribution in [0.4, 0.5) is 10.1 Å². The first-order valence-electron chi connectivity index (χ1n) is 6.88. The van der Waals surface area contributed by atoms with Crippen molar-refractivity contribution in [2.24, 2.45) is 0 Å². The monoisotopic (exact) mass is 273 g/mol. The summed E-state index contributed by atoms with van der Waals surface area (Å²) in [6.45, 7) is 5.40. The molecule has 3 heteroatoms. The minimum absolute atomic E-state index is 0.296. The third-order valence-corrected chi connectivity index (χ3v) is 3.10. The van der Waals surface area contributed by atoms with Crippen LogP contribution in [-0.2, 0) is 0 Å². The Bertz CT molecular complexity index is 537. The maximum absolute atomic E-state index is 13.3. The molecule has 0 bridgehead atoms. The van der Waals surface area contributed by atoms with Gasteiger partial charge in [-0.2, -0.15) is 0 Å². The van der Waals surface area contributed by atoms with E-state index in [0.29, 0.717) is 24.8 Å². The van der Waals surface area contributed by atoms with E-state index in [2.05, 4.69) is 43.4 Å². The number of halogens is 1. The minimum Gasteiger partial charge on any atom is -0.489 e. The highest BCUT2D eigenvalue weighted by atomic mass is 19.1. The Morgan fingerprint density at radius 1 is 1.05 bits per heavy atom. The Labute approximate surface area is 119 Å². The van der Waals surface area contributed by atoms with Crippen LogP contribution in [-0.4, -0.2) is 13.2 Å². The molecule has 2 rings (SSSR count). The summed E-state index contributed by atoms with van der Waals surface area (Å²) >= 11 is 0. The summed E-state index contributed by atoms with van der Waals surface area (Å²) in [5.74, 6) is 0.506. The van der Waals surface area contributed by atoms with Gasteiger partial charge >= 0.3 is 0 Å². The lowest BCUT2D eigenvalue weighted by atomic mass is 10.0. The highest BCUT2D eigenvalue weighted by Gasteiger charge is 2.01. The number of anilines is 1. The standard InChI is InChI=1S/C17H20FNO/c1-13(2)14-7-9-15(10-8-14)19-11-12-20-17-6-4-3-5-16(17)18/h3-10,13,19H,11-12H2,1-2H3. The molecule has 0 saturated carbocycles. The first kappa shape index (κ1) is 14.4. The fourth-order valence-corrected chi connectivity index (χ4v) is 1.90. The number of ether oxygens (including phenoxy) is 1. The molecule has 0 radical (unpaired) electrons. The van der Waals surface area contributed by atoms with Gasteiger partial charge in [-0.1, -0.05) is 38.1 Å². The van der Waals surface area contributed by atoms with Crippen molar-refractivity contribution in [2.75, 3.05) is 18.5 Å². The molecule has 0 aliphatic heterocycles. The molecule has 0 amide bonds.